The van der Waals surface area contributed by atoms with E-state index in [1.165, 1.54) is 0 Å². The maximum absolute atomic E-state index is 14.4. The number of aliphatic hydroxyl groups is 1. The van der Waals surface area contributed by atoms with Gasteiger partial charge in [-0.15, -0.1) is 0 Å². The third-order valence-corrected chi connectivity index (χ3v) is 24.3. The molecule has 5 rings (SSSR count). The van der Waals surface area contributed by atoms with E-state index in [1.54, 1.807) is 12.1 Å². The second-order valence-corrected chi connectivity index (χ2v) is 28.3. The van der Waals surface area contributed by atoms with Gasteiger partial charge in [0.15, 0.2) is 28.0 Å². The van der Waals surface area contributed by atoms with Crippen molar-refractivity contribution < 1.29 is 47.2 Å². The fourth-order valence-electron chi connectivity index (χ4n) is 11.2. The molecule has 58 heavy (non-hydrogen) atoms. The molecule has 2 saturated heterocycles. The molecule has 0 radical (unpaired) electrons. The number of hydrogen-bond donors (Lipinski definition) is 1. The highest BCUT2D eigenvalue weighted by molar-refractivity contribution is 6.74. The molecule has 0 bridgehead atoms. The van der Waals surface area contributed by atoms with Gasteiger partial charge in [0.25, 0.3) is 0 Å². The molecular formula is C46H76O10Si2. The van der Waals surface area contributed by atoms with Crippen LogP contribution in [0.2, 0.25) is 36.3 Å². The first-order valence-electron chi connectivity index (χ1n) is 22.5. The summed E-state index contributed by atoms with van der Waals surface area (Å²) in [6, 6.07) is 14.9. The summed E-state index contributed by atoms with van der Waals surface area (Å²) >= 11 is 0. The lowest BCUT2D eigenvalue weighted by atomic mass is 9.48. The molecule has 2 aliphatic carbocycles. The largest absolute Gasteiger partial charge is 0.458 e. The number of rotatable bonds is 17. The number of ether oxygens (including phenoxy) is 5. The third-order valence-electron chi connectivity index (χ3n) is 15.0. The van der Waals surface area contributed by atoms with Crippen LogP contribution < -0.4 is 0 Å². The monoisotopic (exact) mass is 844 g/mol. The molecule has 10 nitrogen and oxygen atoms in total. The molecule has 4 fully saturated rings. The van der Waals surface area contributed by atoms with Crippen molar-refractivity contribution in [2.24, 2.45) is 16.7 Å². The van der Waals surface area contributed by atoms with Crippen molar-refractivity contribution in [3.8, 4) is 0 Å². The summed E-state index contributed by atoms with van der Waals surface area (Å²) in [5, 5.41) is 10.6. The molecule has 9 atom stereocenters. The average molecular weight is 845 g/mol. The minimum absolute atomic E-state index is 0.0221. The molecule has 0 spiro atoms. The fraction of sp³-hybridized carbons (Fsp3) is 0.783. The molecule has 328 valence electrons. The van der Waals surface area contributed by atoms with Gasteiger partial charge >= 0.3 is 11.9 Å². The van der Waals surface area contributed by atoms with E-state index in [-0.39, 0.29) is 31.7 Å². The second-order valence-electron chi connectivity index (χ2n) is 18.8. The van der Waals surface area contributed by atoms with Gasteiger partial charge in [0.05, 0.1) is 36.4 Å². The van der Waals surface area contributed by atoms with Crippen LogP contribution >= 0.6 is 0 Å². The summed E-state index contributed by atoms with van der Waals surface area (Å²) in [7, 11) is -4.44. The van der Waals surface area contributed by atoms with Gasteiger partial charge in [-0.3, -0.25) is 4.79 Å². The van der Waals surface area contributed by atoms with Crippen molar-refractivity contribution >= 4 is 28.6 Å². The highest BCUT2D eigenvalue weighted by Crippen LogP contribution is 2.65. The third kappa shape index (κ3) is 8.61. The molecule has 4 aliphatic rings. The van der Waals surface area contributed by atoms with Gasteiger partial charge in [0, 0.05) is 24.9 Å². The first kappa shape index (κ1) is 47.1. The Morgan fingerprint density at radius 1 is 0.879 bits per heavy atom. The molecule has 0 amide bonds. The summed E-state index contributed by atoms with van der Waals surface area (Å²) in [6.07, 6.45) is -1.53. The van der Waals surface area contributed by atoms with E-state index in [4.69, 9.17) is 32.5 Å². The van der Waals surface area contributed by atoms with Crippen molar-refractivity contribution in [1.82, 2.24) is 0 Å². The Kier molecular flexibility index (Phi) is 14.8. The molecule has 1 N–H and O–H groups in total. The Morgan fingerprint density at radius 3 is 2.00 bits per heavy atom. The number of benzene rings is 1. The van der Waals surface area contributed by atoms with Gasteiger partial charge in [-0.2, -0.15) is 0 Å². The van der Waals surface area contributed by atoms with Crippen LogP contribution in [-0.2, 0) is 37.3 Å². The van der Waals surface area contributed by atoms with Crippen molar-refractivity contribution in [2.45, 2.75) is 200 Å². The summed E-state index contributed by atoms with van der Waals surface area (Å²) in [6.45, 7) is 28.1. The van der Waals surface area contributed by atoms with E-state index in [2.05, 4.69) is 69.2 Å². The van der Waals surface area contributed by atoms with Crippen molar-refractivity contribution in [3.63, 3.8) is 0 Å². The van der Waals surface area contributed by atoms with E-state index in [0.717, 1.165) is 47.4 Å². The van der Waals surface area contributed by atoms with Crippen LogP contribution in [0.1, 0.15) is 126 Å². The van der Waals surface area contributed by atoms with E-state index in [1.807, 2.05) is 39.0 Å². The van der Waals surface area contributed by atoms with Crippen LogP contribution in [0, 0.1) is 16.7 Å². The molecule has 2 heterocycles. The van der Waals surface area contributed by atoms with Gasteiger partial charge in [-0.1, -0.05) is 87.4 Å². The number of aliphatic hydroxyl groups excluding tert-OH is 1. The van der Waals surface area contributed by atoms with Crippen molar-refractivity contribution in [3.05, 3.63) is 47.0 Å². The highest BCUT2D eigenvalue weighted by Gasteiger charge is 2.76. The summed E-state index contributed by atoms with van der Waals surface area (Å²) in [5.74, 6) is -2.32. The Hall–Kier alpha value is -1.91. The van der Waals surface area contributed by atoms with E-state index < -0.39 is 81.3 Å². The zero-order chi connectivity index (χ0) is 42.9. The number of esters is 2. The molecule has 1 aromatic rings. The quantitative estimate of drug-likeness (QED) is 0.0923. The minimum Gasteiger partial charge on any atom is -0.458 e. The SMILES string of the molecule is CCC(=O)OC12COC1CC(O[Si](CC)(CC)CC)[C@@]1(C)C3OC(C)(C)OC3/C(=C(\C)C(CCO)O[Si](CC)(CC)CC)C(C)(C)CC(OC(=O)c3ccccc3)C21. The lowest BCUT2D eigenvalue weighted by Gasteiger charge is -2.67. The minimum atomic E-state index is -2.29. The van der Waals surface area contributed by atoms with E-state index in [9.17, 15) is 14.7 Å². The zero-order valence-electron chi connectivity index (χ0n) is 38.0. The van der Waals surface area contributed by atoms with Crippen LogP contribution in [0.15, 0.2) is 41.5 Å². The van der Waals surface area contributed by atoms with Crippen LogP contribution in [-0.4, -0.2) is 94.9 Å². The zero-order valence-corrected chi connectivity index (χ0v) is 40.0. The maximum atomic E-state index is 14.4. The topological polar surface area (TPSA) is 119 Å². The Labute approximate surface area is 351 Å². The molecule has 2 saturated carbocycles. The normalized spacial score (nSPS) is 33.0. The number of fused-ring (bicyclic) bond motifs is 5. The van der Waals surface area contributed by atoms with E-state index in [0.29, 0.717) is 24.8 Å². The molecular weight excluding hydrogens is 769 g/mol. The van der Waals surface area contributed by atoms with Gasteiger partial charge in [-0.25, -0.2) is 4.79 Å². The van der Waals surface area contributed by atoms with Crippen LogP contribution in [0.3, 0.4) is 0 Å². The van der Waals surface area contributed by atoms with Gasteiger partial charge in [0.2, 0.25) is 0 Å². The number of carbonyl (C=O) groups is 2. The summed E-state index contributed by atoms with van der Waals surface area (Å²) in [5.41, 5.74) is -0.125. The predicted molar refractivity (Wildman–Crippen MR) is 231 cm³/mol. The van der Waals surface area contributed by atoms with Crippen LogP contribution in [0.5, 0.6) is 0 Å². The smallest absolute Gasteiger partial charge is 0.338 e. The van der Waals surface area contributed by atoms with Gasteiger partial charge < -0.3 is 37.6 Å². The summed E-state index contributed by atoms with van der Waals surface area (Å²) < 4.78 is 49.4. The lowest BCUT2D eigenvalue weighted by molar-refractivity contribution is -0.347. The maximum Gasteiger partial charge on any atom is 0.338 e. The van der Waals surface area contributed by atoms with Gasteiger partial charge in [-0.05, 0) is 98.6 Å². The number of hydrogen-bond acceptors (Lipinski definition) is 10. The first-order chi connectivity index (χ1) is 27.3. The van der Waals surface area contributed by atoms with Crippen molar-refractivity contribution in [1.29, 1.82) is 0 Å². The van der Waals surface area contributed by atoms with Crippen molar-refractivity contribution in [2.75, 3.05) is 13.2 Å². The fourth-order valence-corrected chi connectivity index (χ4v) is 17.1. The Bertz CT molecular complexity index is 1590. The predicted octanol–water partition coefficient (Wildman–Crippen LogP) is 9.76. The highest BCUT2D eigenvalue weighted by atomic mass is 28.4. The Balaban J connectivity index is 1.85. The molecule has 12 heteroatoms. The average Bonchev–Trinajstić information content (AvgIpc) is 3.52. The molecule has 8 unspecified atom stereocenters. The van der Waals surface area contributed by atoms with Gasteiger partial charge in [0.1, 0.15) is 18.3 Å². The first-order valence-corrected chi connectivity index (χ1v) is 27.5. The second kappa shape index (κ2) is 18.2. The molecule has 2 aliphatic heterocycles. The molecule has 1 aromatic carbocycles. The number of carbonyl (C=O) groups excluding carboxylic acids is 2. The Morgan fingerprint density at radius 2 is 1.48 bits per heavy atom. The standard InChI is InChI=1S/C46H76O10Si2/c1-14-37(48)52-46-30-50-36(46)28-35(56-58(18-5,19-6)20-7)45(13)40(46)34(51-42(49)32-24-22-21-23-25-32)29-43(9,10)38(39-41(45)54-44(11,12)53-39)31(8)33(26-27-47)55-57(15-2,16-3)17-4/h21-25,33-36,39-41,47H,14-20,26-30H2,1-13H3/b38-31-/t33?,34?,35?,36?,39?,40?,41?,45-,46?/m1/s1. The summed E-state index contributed by atoms with van der Waals surface area (Å²) in [4.78, 5) is 28.1. The van der Waals surface area contributed by atoms with E-state index >= 15 is 0 Å². The van der Waals surface area contributed by atoms with Crippen LogP contribution in [0.25, 0.3) is 0 Å². The van der Waals surface area contributed by atoms with Crippen LogP contribution in [0.4, 0.5) is 0 Å². The lowest BCUT2D eigenvalue weighted by Crippen LogP contribution is -2.79. The molecule has 0 aromatic heterocycles.